The van der Waals surface area contributed by atoms with E-state index in [4.69, 9.17) is 9.47 Å². The second-order valence-corrected chi connectivity index (χ2v) is 6.51. The molecule has 0 radical (unpaired) electrons. The molecule has 1 N–H and O–H groups in total. The predicted molar refractivity (Wildman–Crippen MR) is 102 cm³/mol. The van der Waals surface area contributed by atoms with Gasteiger partial charge in [0.2, 0.25) is 0 Å². The highest BCUT2D eigenvalue weighted by Crippen LogP contribution is 2.40. The van der Waals surface area contributed by atoms with Crippen LogP contribution in [0.2, 0.25) is 0 Å². The first-order valence-electron chi connectivity index (χ1n) is 8.50. The summed E-state index contributed by atoms with van der Waals surface area (Å²) in [6, 6.07) is 5.81. The average molecular weight is 386 g/mol. The summed E-state index contributed by atoms with van der Waals surface area (Å²) in [6.07, 6.45) is 0. The molecule has 0 amide bonds. The lowest BCUT2D eigenvalue weighted by atomic mass is 9.80. The second kappa shape index (κ2) is 8.51. The highest BCUT2D eigenvalue weighted by molar-refractivity contribution is 5.99. The summed E-state index contributed by atoms with van der Waals surface area (Å²) in [6.45, 7) is 8.80. The maximum absolute atomic E-state index is 12.8. The van der Waals surface area contributed by atoms with Crippen molar-refractivity contribution in [2.75, 3.05) is 13.7 Å². The molecule has 1 unspecified atom stereocenters. The third kappa shape index (κ3) is 4.28. The Morgan fingerprint density at radius 2 is 1.82 bits per heavy atom. The molecule has 1 heterocycles. The van der Waals surface area contributed by atoms with Gasteiger partial charge in [0.1, 0.15) is 6.61 Å². The summed E-state index contributed by atoms with van der Waals surface area (Å²) in [5.41, 5.74) is 2.29. The van der Waals surface area contributed by atoms with Crippen LogP contribution in [-0.4, -0.2) is 30.6 Å². The Bertz CT molecular complexity index is 913. The Morgan fingerprint density at radius 3 is 2.36 bits per heavy atom. The molecule has 1 aromatic rings. The Balaban J connectivity index is 2.64. The molecule has 2 rings (SSSR count). The predicted octanol–water partition coefficient (Wildman–Crippen LogP) is 3.12. The van der Waals surface area contributed by atoms with Crippen LogP contribution in [0.3, 0.4) is 0 Å². The number of carbonyl (C=O) groups is 2. The fraction of sp³-hybridized carbons (Fsp3) is 0.300. The number of nitro benzene ring substituents is 1. The van der Waals surface area contributed by atoms with Crippen LogP contribution in [0.4, 0.5) is 5.69 Å². The number of rotatable bonds is 6. The monoisotopic (exact) mass is 386 g/mol. The van der Waals surface area contributed by atoms with Crippen molar-refractivity contribution < 1.29 is 24.0 Å². The zero-order valence-corrected chi connectivity index (χ0v) is 16.2. The highest BCUT2D eigenvalue weighted by atomic mass is 16.6. The van der Waals surface area contributed by atoms with Crippen LogP contribution in [0.25, 0.3) is 0 Å². The molecule has 1 atom stereocenters. The standard InChI is InChI=1S/C20H22N2O6/c1-11(2)10-28-20(24)17-13(4)21-12(3)16(19(23)27-5)18(17)14-7-6-8-15(9-14)22(25)26/h6-9,18,21H,1,10H2,2-5H3. The molecule has 0 spiro atoms. The second-order valence-electron chi connectivity index (χ2n) is 6.51. The van der Waals surface area contributed by atoms with Gasteiger partial charge in [0.15, 0.2) is 0 Å². The molecular formula is C20H22N2O6. The van der Waals surface area contributed by atoms with Crippen LogP contribution in [0.15, 0.2) is 59.0 Å². The number of allylic oxidation sites excluding steroid dienone is 2. The number of esters is 2. The number of dihydropyridines is 1. The number of nitrogens with one attached hydrogen (secondary N) is 1. The molecule has 8 heteroatoms. The van der Waals surface area contributed by atoms with Gasteiger partial charge in [-0.3, -0.25) is 10.1 Å². The number of hydrogen-bond acceptors (Lipinski definition) is 7. The summed E-state index contributed by atoms with van der Waals surface area (Å²) in [5.74, 6) is -2.15. The third-order valence-electron chi connectivity index (χ3n) is 4.25. The minimum atomic E-state index is -0.869. The topological polar surface area (TPSA) is 108 Å². The lowest BCUT2D eigenvalue weighted by Gasteiger charge is -2.30. The molecular weight excluding hydrogens is 364 g/mol. The van der Waals surface area contributed by atoms with Gasteiger partial charge in [-0.05, 0) is 31.9 Å². The van der Waals surface area contributed by atoms with Crippen LogP contribution in [-0.2, 0) is 19.1 Å². The lowest BCUT2D eigenvalue weighted by molar-refractivity contribution is -0.384. The van der Waals surface area contributed by atoms with Crippen LogP contribution in [0, 0.1) is 10.1 Å². The molecule has 1 aromatic carbocycles. The van der Waals surface area contributed by atoms with E-state index in [-0.39, 0.29) is 23.4 Å². The SMILES string of the molecule is C=C(C)COC(=O)C1=C(C)NC(C)=C(C(=O)OC)C1c1cccc([N+](=O)[O-])c1. The van der Waals surface area contributed by atoms with Crippen LogP contribution in [0.5, 0.6) is 0 Å². The number of ether oxygens (including phenoxy) is 2. The molecule has 0 aromatic heterocycles. The number of carbonyl (C=O) groups excluding carboxylic acids is 2. The van der Waals surface area contributed by atoms with Crippen molar-refractivity contribution in [2.24, 2.45) is 0 Å². The van der Waals surface area contributed by atoms with Crippen molar-refractivity contribution in [2.45, 2.75) is 26.7 Å². The maximum atomic E-state index is 12.8. The van der Waals surface area contributed by atoms with Gasteiger partial charge in [-0.1, -0.05) is 18.7 Å². The van der Waals surface area contributed by atoms with Crippen LogP contribution < -0.4 is 5.32 Å². The van der Waals surface area contributed by atoms with E-state index in [0.29, 0.717) is 22.5 Å². The molecule has 148 valence electrons. The maximum Gasteiger partial charge on any atom is 0.337 e. The minimum Gasteiger partial charge on any atom is -0.466 e. The number of benzene rings is 1. The fourth-order valence-corrected chi connectivity index (χ4v) is 3.06. The smallest absolute Gasteiger partial charge is 0.337 e. The molecule has 0 saturated heterocycles. The van der Waals surface area contributed by atoms with Crippen LogP contribution >= 0.6 is 0 Å². The van der Waals surface area contributed by atoms with E-state index in [2.05, 4.69) is 11.9 Å². The molecule has 1 aliphatic heterocycles. The number of nitro groups is 1. The van der Waals surface area contributed by atoms with Crippen LogP contribution in [0.1, 0.15) is 32.3 Å². The zero-order chi connectivity index (χ0) is 21.0. The Hall–Kier alpha value is -3.42. The van der Waals surface area contributed by atoms with Crippen molar-refractivity contribution in [3.8, 4) is 0 Å². The van der Waals surface area contributed by atoms with E-state index < -0.39 is 22.8 Å². The van der Waals surface area contributed by atoms with Gasteiger partial charge in [0.05, 0.1) is 29.1 Å². The largest absolute Gasteiger partial charge is 0.466 e. The fourth-order valence-electron chi connectivity index (χ4n) is 3.06. The quantitative estimate of drug-likeness (QED) is 0.346. The Kier molecular flexibility index (Phi) is 6.35. The summed E-state index contributed by atoms with van der Waals surface area (Å²) in [4.78, 5) is 36.0. The lowest BCUT2D eigenvalue weighted by Crippen LogP contribution is -2.32. The van der Waals surface area contributed by atoms with E-state index in [0.717, 1.165) is 0 Å². The Labute approximate surface area is 162 Å². The normalized spacial score (nSPS) is 16.4. The van der Waals surface area contributed by atoms with E-state index >= 15 is 0 Å². The zero-order valence-electron chi connectivity index (χ0n) is 16.2. The van der Waals surface area contributed by atoms with Gasteiger partial charge in [0, 0.05) is 23.5 Å². The van der Waals surface area contributed by atoms with E-state index in [1.165, 1.54) is 25.3 Å². The van der Waals surface area contributed by atoms with Gasteiger partial charge in [0.25, 0.3) is 5.69 Å². The van der Waals surface area contributed by atoms with Crippen molar-refractivity contribution in [1.82, 2.24) is 5.32 Å². The molecule has 0 bridgehead atoms. The minimum absolute atomic E-state index is 0.0214. The summed E-state index contributed by atoms with van der Waals surface area (Å²) >= 11 is 0. The molecule has 28 heavy (non-hydrogen) atoms. The van der Waals surface area contributed by atoms with Gasteiger partial charge < -0.3 is 14.8 Å². The number of methoxy groups -OCH3 is 1. The first-order chi connectivity index (χ1) is 13.2. The van der Waals surface area contributed by atoms with Gasteiger partial charge in [-0.15, -0.1) is 0 Å². The summed E-state index contributed by atoms with van der Waals surface area (Å²) < 4.78 is 10.2. The molecule has 8 nitrogen and oxygen atoms in total. The Morgan fingerprint density at radius 1 is 1.21 bits per heavy atom. The van der Waals surface area contributed by atoms with Gasteiger partial charge in [-0.25, -0.2) is 9.59 Å². The van der Waals surface area contributed by atoms with Gasteiger partial charge in [-0.2, -0.15) is 0 Å². The van der Waals surface area contributed by atoms with Crippen molar-refractivity contribution in [3.63, 3.8) is 0 Å². The number of non-ortho nitro benzene ring substituents is 1. The number of hydrogen-bond donors (Lipinski definition) is 1. The van der Waals surface area contributed by atoms with E-state index in [1.807, 2.05) is 0 Å². The first kappa shape index (κ1) is 20.9. The molecule has 0 saturated carbocycles. The van der Waals surface area contributed by atoms with Crippen molar-refractivity contribution in [1.29, 1.82) is 0 Å². The molecule has 0 fully saturated rings. The molecule has 0 aliphatic carbocycles. The van der Waals surface area contributed by atoms with Crippen molar-refractivity contribution in [3.05, 3.63) is 74.6 Å². The summed E-state index contributed by atoms with van der Waals surface area (Å²) in [7, 11) is 1.23. The van der Waals surface area contributed by atoms with Gasteiger partial charge >= 0.3 is 11.9 Å². The van der Waals surface area contributed by atoms with E-state index in [1.54, 1.807) is 26.8 Å². The van der Waals surface area contributed by atoms with E-state index in [9.17, 15) is 19.7 Å². The first-order valence-corrected chi connectivity index (χ1v) is 8.50. The average Bonchev–Trinajstić information content (AvgIpc) is 2.65. The number of nitrogens with zero attached hydrogens (tertiary/aromatic N) is 1. The highest BCUT2D eigenvalue weighted by Gasteiger charge is 2.38. The summed E-state index contributed by atoms with van der Waals surface area (Å²) in [5, 5.41) is 14.2. The molecule has 1 aliphatic rings. The van der Waals surface area contributed by atoms with Crippen molar-refractivity contribution >= 4 is 17.6 Å². The third-order valence-corrected chi connectivity index (χ3v) is 4.25.